The fourth-order valence-electron chi connectivity index (χ4n) is 8.61. The van der Waals surface area contributed by atoms with E-state index in [2.05, 4.69) is 46.9 Å². The summed E-state index contributed by atoms with van der Waals surface area (Å²) in [5.41, 5.74) is 3.71. The lowest BCUT2D eigenvalue weighted by Gasteiger charge is -2.38. The number of benzene rings is 2. The second-order valence-corrected chi connectivity index (χ2v) is 21.3. The summed E-state index contributed by atoms with van der Waals surface area (Å²) in [5.74, 6) is 0.896. The molecule has 3 heterocycles. The molecular weight excluding hydrogens is 931 g/mol. The highest BCUT2D eigenvalue weighted by Crippen LogP contribution is 2.42. The maximum Gasteiger partial charge on any atom is 0.258 e. The number of aromatic nitrogens is 3. The van der Waals surface area contributed by atoms with Gasteiger partial charge in [-0.05, 0) is 113 Å². The Balaban J connectivity index is 0.857. The number of amides is 4. The number of methoxy groups -OCH3 is 1. The standard InChI is InChI=1S/C48H62ClFN10O6S2/c1-28-39(67-27-56-28)32-12-10-30(11-13-32)23-54-43(63)37-21-34(61)25-60(37)44(64)40(58-45(65)48(50)16-17-48)47(2,3)68-26-31-8-6-29(7-9-31)22-52-18-19-53-42(62)33-14-15-36(38(20-33)66-5)57-46-55-24-35(49)41(51-4)59-46/h10-15,20,24,27,29,31,34,37,40,52,61H,6-9,16-19,21-23,25-26H2,1-5H3,(H,53,62)(H,54,63)(H,58,65)(H2,51,55,57,59)/t29-,31-,34-,37?,40-/m1/s1. The fraction of sp³-hybridized carbons (Fsp3) is 0.521. The highest BCUT2D eigenvalue weighted by atomic mass is 35.5. The Hall–Kier alpha value is -5.08. The molecule has 16 nitrogen and oxygen atoms in total. The molecular formula is C48H62ClFN10O6S2. The lowest BCUT2D eigenvalue weighted by molar-refractivity contribution is -0.143. The van der Waals surface area contributed by atoms with Gasteiger partial charge >= 0.3 is 0 Å². The third-order valence-corrected chi connectivity index (χ3v) is 15.8. The van der Waals surface area contributed by atoms with Gasteiger partial charge in [-0.15, -0.1) is 11.3 Å². The van der Waals surface area contributed by atoms with E-state index in [1.807, 2.05) is 50.5 Å². The molecule has 3 fully saturated rings. The van der Waals surface area contributed by atoms with E-state index in [1.165, 1.54) is 18.2 Å². The van der Waals surface area contributed by atoms with Crippen LogP contribution in [0, 0.1) is 18.8 Å². The Bertz CT molecular complexity index is 2420. The van der Waals surface area contributed by atoms with Gasteiger partial charge in [-0.1, -0.05) is 35.9 Å². The Morgan fingerprint density at radius 3 is 2.46 bits per heavy atom. The molecule has 0 bridgehead atoms. The highest BCUT2D eigenvalue weighted by molar-refractivity contribution is 8.00. The summed E-state index contributed by atoms with van der Waals surface area (Å²) in [6.45, 7) is 7.75. The molecule has 68 heavy (non-hydrogen) atoms. The van der Waals surface area contributed by atoms with Crippen LogP contribution in [0.4, 0.5) is 21.8 Å². The number of β-amino-alcohol motifs (C(OH)–C–C–N with tert-alkyl or cyclic N) is 1. The van der Waals surface area contributed by atoms with Gasteiger partial charge < -0.3 is 46.6 Å². The smallest absolute Gasteiger partial charge is 0.258 e. The number of halogens is 2. The van der Waals surface area contributed by atoms with Crippen LogP contribution < -0.4 is 36.6 Å². The summed E-state index contributed by atoms with van der Waals surface area (Å²) in [4.78, 5) is 69.7. The van der Waals surface area contributed by atoms with Gasteiger partial charge in [0.05, 0.1) is 41.2 Å². The molecule has 2 aromatic heterocycles. The van der Waals surface area contributed by atoms with Crippen molar-refractivity contribution in [2.75, 3.05) is 56.7 Å². The minimum atomic E-state index is -2.00. The number of thioether (sulfide) groups is 1. The number of rotatable bonds is 21. The maximum atomic E-state index is 15.1. The van der Waals surface area contributed by atoms with E-state index >= 15 is 4.39 Å². The number of aryl methyl sites for hydroxylation is 1. The van der Waals surface area contributed by atoms with Crippen molar-refractivity contribution in [2.45, 2.75) is 101 Å². The molecule has 7 rings (SSSR count). The number of nitrogens with one attached hydrogen (secondary N) is 6. The first-order chi connectivity index (χ1) is 32.6. The summed E-state index contributed by atoms with van der Waals surface area (Å²) in [7, 11) is 3.24. The van der Waals surface area contributed by atoms with E-state index in [0.717, 1.165) is 59.7 Å². The number of thiazole rings is 1. The fourth-order valence-corrected chi connectivity index (χ4v) is 10.9. The Morgan fingerprint density at radius 2 is 1.78 bits per heavy atom. The van der Waals surface area contributed by atoms with Crippen molar-refractivity contribution in [3.05, 3.63) is 76.0 Å². The normalized spacial score (nSPS) is 20.3. The maximum absolute atomic E-state index is 15.1. The van der Waals surface area contributed by atoms with E-state index in [4.69, 9.17) is 16.3 Å². The molecule has 366 valence electrons. The summed E-state index contributed by atoms with van der Waals surface area (Å²) in [5, 5.41) is 29.3. The van der Waals surface area contributed by atoms with Gasteiger partial charge in [-0.3, -0.25) is 19.2 Å². The zero-order valence-electron chi connectivity index (χ0n) is 39.1. The Morgan fingerprint density at radius 1 is 1.04 bits per heavy atom. The summed E-state index contributed by atoms with van der Waals surface area (Å²) >= 11 is 9.24. The monoisotopic (exact) mass is 992 g/mol. The minimum absolute atomic E-state index is 0.0551. The van der Waals surface area contributed by atoms with Gasteiger partial charge in [-0.2, -0.15) is 16.7 Å². The number of ether oxygens (including phenoxy) is 1. The molecule has 3 atom stereocenters. The number of aliphatic hydroxyl groups excluding tert-OH is 1. The third kappa shape index (κ3) is 12.8. The van der Waals surface area contributed by atoms with Crippen molar-refractivity contribution in [2.24, 2.45) is 11.8 Å². The van der Waals surface area contributed by atoms with E-state index in [0.29, 0.717) is 58.7 Å². The van der Waals surface area contributed by atoms with E-state index < -0.39 is 46.3 Å². The number of nitrogens with zero attached hydrogens (tertiary/aromatic N) is 4. The van der Waals surface area contributed by atoms with Gasteiger partial charge in [0.25, 0.3) is 11.8 Å². The van der Waals surface area contributed by atoms with Gasteiger partial charge in [0.15, 0.2) is 5.67 Å². The van der Waals surface area contributed by atoms with Crippen LogP contribution in [0.1, 0.15) is 80.4 Å². The number of likely N-dealkylation sites (tertiary alicyclic amines) is 1. The lowest BCUT2D eigenvalue weighted by Crippen LogP contribution is -2.61. The van der Waals surface area contributed by atoms with E-state index in [1.54, 1.807) is 48.3 Å². The first-order valence-corrected chi connectivity index (χ1v) is 25.4. The Labute approximate surface area is 410 Å². The first-order valence-electron chi connectivity index (χ1n) is 23.1. The molecule has 2 saturated carbocycles. The van der Waals surface area contributed by atoms with Gasteiger partial charge in [0.2, 0.25) is 17.8 Å². The van der Waals surface area contributed by atoms with Crippen LogP contribution in [-0.4, -0.2) is 123 Å². The molecule has 0 spiro atoms. The quantitative estimate of drug-likeness (QED) is 0.0461. The zero-order chi connectivity index (χ0) is 48.6. The van der Waals surface area contributed by atoms with E-state index in [-0.39, 0.29) is 38.3 Å². The van der Waals surface area contributed by atoms with Crippen LogP contribution in [0.3, 0.4) is 0 Å². The molecule has 1 aliphatic heterocycles. The Kier molecular flexibility index (Phi) is 16.9. The molecule has 20 heteroatoms. The third-order valence-electron chi connectivity index (χ3n) is 13.0. The molecule has 2 aromatic carbocycles. The van der Waals surface area contributed by atoms with E-state index in [9.17, 15) is 24.3 Å². The van der Waals surface area contributed by atoms with Crippen molar-refractivity contribution >= 4 is 75.8 Å². The minimum Gasteiger partial charge on any atom is -0.495 e. The topological polar surface area (TPSA) is 212 Å². The predicted molar refractivity (Wildman–Crippen MR) is 265 cm³/mol. The average Bonchev–Trinajstić information content (AvgIpc) is 3.75. The first kappa shape index (κ1) is 50.8. The molecule has 1 unspecified atom stereocenters. The average molecular weight is 994 g/mol. The number of carbonyl (C=O) groups excluding carboxylic acids is 4. The van der Waals surface area contributed by atoms with Crippen molar-refractivity contribution in [1.82, 2.24) is 41.1 Å². The SMILES string of the molecule is CNc1nc(Nc2ccc(C(=O)NCCNC[C@H]3CC[C@H](CSC(C)(C)[C@H](NC(=O)C4(F)CC4)C(=O)N4C[C@H](O)CC4C(=O)NCc4ccc(-c5scnc5C)cc4)CC3)cc2OC)ncc1Cl. The highest BCUT2D eigenvalue weighted by Gasteiger charge is 2.54. The molecule has 0 radical (unpaired) electrons. The van der Waals surface area contributed by atoms with Crippen LogP contribution in [-0.2, 0) is 20.9 Å². The summed E-state index contributed by atoms with van der Waals surface area (Å²) in [6.07, 6.45) is 4.84. The zero-order valence-corrected chi connectivity index (χ0v) is 41.5. The lowest BCUT2D eigenvalue weighted by atomic mass is 9.83. The van der Waals surface area contributed by atoms with Gasteiger partial charge in [0.1, 0.15) is 28.7 Å². The molecule has 1 saturated heterocycles. The second-order valence-electron chi connectivity index (χ2n) is 18.4. The predicted octanol–water partition coefficient (Wildman–Crippen LogP) is 6.26. The second kappa shape index (κ2) is 22.6. The number of anilines is 3. The number of hydrogen-bond acceptors (Lipinski definition) is 14. The van der Waals surface area contributed by atoms with Crippen LogP contribution in [0.5, 0.6) is 5.75 Å². The van der Waals surface area contributed by atoms with Crippen molar-refractivity contribution < 1.29 is 33.4 Å². The molecule has 3 aliphatic rings. The summed E-state index contributed by atoms with van der Waals surface area (Å²) in [6, 6.07) is 10.9. The van der Waals surface area contributed by atoms with Crippen LogP contribution in [0.25, 0.3) is 10.4 Å². The molecule has 4 amide bonds. The summed E-state index contributed by atoms with van der Waals surface area (Å²) < 4.78 is 19.8. The number of alkyl halides is 1. The van der Waals surface area contributed by atoms with Crippen LogP contribution in [0.2, 0.25) is 5.02 Å². The van der Waals surface area contributed by atoms with Crippen LogP contribution in [0.15, 0.2) is 54.2 Å². The molecule has 2 aliphatic carbocycles. The van der Waals surface area contributed by atoms with Gasteiger partial charge in [-0.25, -0.2) is 14.4 Å². The van der Waals surface area contributed by atoms with Crippen molar-refractivity contribution in [3.8, 4) is 16.2 Å². The molecule has 7 N–H and O–H groups in total. The number of hydrogen-bond donors (Lipinski definition) is 7. The largest absolute Gasteiger partial charge is 0.495 e. The number of carbonyl (C=O) groups is 4. The number of aliphatic hydroxyl groups is 1. The van der Waals surface area contributed by atoms with Gasteiger partial charge in [0, 0.05) is 50.0 Å². The van der Waals surface area contributed by atoms with Crippen molar-refractivity contribution in [3.63, 3.8) is 0 Å². The van der Waals surface area contributed by atoms with Crippen molar-refractivity contribution in [1.29, 1.82) is 0 Å². The molecule has 4 aromatic rings. The van der Waals surface area contributed by atoms with Crippen LogP contribution >= 0.6 is 34.7 Å².